The number of nitrogens with one attached hydrogen (secondary N) is 2. The number of benzene rings is 2. The van der Waals surface area contributed by atoms with Gasteiger partial charge < -0.3 is 5.32 Å². The van der Waals surface area contributed by atoms with Crippen LogP contribution in [0.1, 0.15) is 34.1 Å². The van der Waals surface area contributed by atoms with Crippen molar-refractivity contribution in [1.29, 1.82) is 0 Å². The molecule has 0 radical (unpaired) electrons. The van der Waals surface area contributed by atoms with E-state index in [-0.39, 0.29) is 17.6 Å². The van der Waals surface area contributed by atoms with Gasteiger partial charge in [0, 0.05) is 35.2 Å². The van der Waals surface area contributed by atoms with Crippen molar-refractivity contribution in [2.45, 2.75) is 19.8 Å². The largest absolute Gasteiger partial charge is 0.326 e. The Labute approximate surface area is 160 Å². The van der Waals surface area contributed by atoms with Crippen molar-refractivity contribution in [3.63, 3.8) is 0 Å². The fourth-order valence-corrected chi connectivity index (χ4v) is 3.29. The molecule has 0 aliphatic heterocycles. The first kappa shape index (κ1) is 18.7. The Morgan fingerprint density at radius 2 is 1.93 bits per heavy atom. The Bertz CT molecular complexity index is 971. The molecule has 0 saturated carbocycles. The molecule has 3 aromatic rings. The lowest BCUT2D eigenvalue weighted by Gasteiger charge is -2.06. The molecule has 27 heavy (non-hydrogen) atoms. The summed E-state index contributed by atoms with van der Waals surface area (Å²) < 4.78 is 13.3. The van der Waals surface area contributed by atoms with Gasteiger partial charge in [0.25, 0.3) is 5.91 Å². The van der Waals surface area contributed by atoms with Gasteiger partial charge in [-0.3, -0.25) is 14.9 Å². The predicted octanol–water partition coefficient (Wildman–Crippen LogP) is 4.47. The normalized spacial score (nSPS) is 10.4. The van der Waals surface area contributed by atoms with Crippen LogP contribution in [0.25, 0.3) is 0 Å². The van der Waals surface area contributed by atoms with Gasteiger partial charge in [-0.1, -0.05) is 25.1 Å². The highest BCUT2D eigenvalue weighted by atomic mass is 32.1. The summed E-state index contributed by atoms with van der Waals surface area (Å²) in [4.78, 5) is 29.0. The van der Waals surface area contributed by atoms with Gasteiger partial charge >= 0.3 is 0 Å². The van der Waals surface area contributed by atoms with Crippen molar-refractivity contribution < 1.29 is 14.0 Å². The van der Waals surface area contributed by atoms with Crippen LogP contribution in [0, 0.1) is 5.82 Å². The maximum Gasteiger partial charge on any atom is 0.257 e. The van der Waals surface area contributed by atoms with Gasteiger partial charge in [-0.2, -0.15) is 0 Å². The van der Waals surface area contributed by atoms with E-state index in [1.807, 2.05) is 6.07 Å². The number of carbonyl (C=O) groups is 2. The molecule has 0 atom stereocenters. The van der Waals surface area contributed by atoms with Gasteiger partial charge in [-0.15, -0.1) is 11.3 Å². The minimum absolute atomic E-state index is 0.116. The first-order chi connectivity index (χ1) is 13.0. The van der Waals surface area contributed by atoms with E-state index in [1.54, 1.807) is 43.5 Å². The van der Waals surface area contributed by atoms with Crippen molar-refractivity contribution in [2.75, 3.05) is 10.6 Å². The van der Waals surface area contributed by atoms with Gasteiger partial charge in [-0.25, -0.2) is 9.37 Å². The van der Waals surface area contributed by atoms with Crippen molar-refractivity contribution in [3.05, 3.63) is 76.5 Å². The number of anilines is 2. The molecule has 0 aliphatic rings. The third kappa shape index (κ3) is 5.21. The van der Waals surface area contributed by atoms with Crippen molar-refractivity contribution in [3.8, 4) is 0 Å². The van der Waals surface area contributed by atoms with Crippen LogP contribution in [0.15, 0.2) is 54.7 Å². The van der Waals surface area contributed by atoms with Gasteiger partial charge in [0.2, 0.25) is 5.91 Å². The first-order valence-corrected chi connectivity index (χ1v) is 9.25. The molecular formula is C20H18FN3O2S. The van der Waals surface area contributed by atoms with Crippen LogP contribution in [0.3, 0.4) is 0 Å². The first-order valence-electron chi connectivity index (χ1n) is 8.44. The number of amides is 2. The summed E-state index contributed by atoms with van der Waals surface area (Å²) in [6.07, 6.45) is 2.58. The number of thiazole rings is 1. The topological polar surface area (TPSA) is 71.1 Å². The predicted molar refractivity (Wildman–Crippen MR) is 105 cm³/mol. The molecule has 0 unspecified atom stereocenters. The minimum atomic E-state index is -0.311. The number of hydrogen-bond donors (Lipinski definition) is 2. The Morgan fingerprint density at radius 1 is 1.11 bits per heavy atom. The average molecular weight is 383 g/mol. The molecule has 7 heteroatoms. The summed E-state index contributed by atoms with van der Waals surface area (Å²) in [5.74, 6) is -0.704. The molecule has 0 aliphatic carbocycles. The van der Waals surface area contributed by atoms with Crippen LogP contribution in [0.2, 0.25) is 0 Å². The lowest BCUT2D eigenvalue weighted by atomic mass is 10.1. The molecular weight excluding hydrogens is 365 g/mol. The SMILES string of the molecule is CCC(=O)Nc1cccc(C(=O)Nc2ncc(Cc3cccc(F)c3)s2)c1. The lowest BCUT2D eigenvalue weighted by Crippen LogP contribution is -2.13. The Kier molecular flexibility index (Phi) is 5.93. The fourth-order valence-electron chi connectivity index (χ4n) is 2.45. The zero-order chi connectivity index (χ0) is 19.2. The van der Waals surface area contributed by atoms with Crippen LogP contribution in [0.4, 0.5) is 15.2 Å². The van der Waals surface area contributed by atoms with Gasteiger partial charge in [0.1, 0.15) is 5.82 Å². The standard InChI is InChI=1S/C20H18FN3O2S/c1-2-18(25)23-16-8-4-6-14(11-16)19(26)24-20-22-12-17(27-20)10-13-5-3-7-15(21)9-13/h3-9,11-12H,2,10H2,1H3,(H,23,25)(H,22,24,26). The maximum absolute atomic E-state index is 13.3. The lowest BCUT2D eigenvalue weighted by molar-refractivity contribution is -0.115. The summed E-state index contributed by atoms with van der Waals surface area (Å²) in [6, 6.07) is 13.1. The summed E-state index contributed by atoms with van der Waals surface area (Å²) >= 11 is 1.34. The maximum atomic E-state index is 13.3. The van der Waals surface area contributed by atoms with E-state index in [9.17, 15) is 14.0 Å². The van der Waals surface area contributed by atoms with E-state index in [0.29, 0.717) is 29.2 Å². The molecule has 1 heterocycles. The molecule has 138 valence electrons. The Hall–Kier alpha value is -3.06. The van der Waals surface area contributed by atoms with E-state index >= 15 is 0 Å². The molecule has 0 spiro atoms. The molecule has 0 fully saturated rings. The second kappa shape index (κ2) is 8.55. The quantitative estimate of drug-likeness (QED) is 0.660. The molecule has 5 nitrogen and oxygen atoms in total. The molecule has 0 saturated heterocycles. The van der Waals surface area contributed by atoms with Crippen LogP contribution in [-0.4, -0.2) is 16.8 Å². The molecule has 3 rings (SSSR count). The number of nitrogens with zero attached hydrogens (tertiary/aromatic N) is 1. The molecule has 2 amide bonds. The zero-order valence-corrected chi connectivity index (χ0v) is 15.5. The van der Waals surface area contributed by atoms with E-state index in [4.69, 9.17) is 0 Å². The Morgan fingerprint density at radius 3 is 2.70 bits per heavy atom. The number of aromatic nitrogens is 1. The summed E-state index contributed by atoms with van der Waals surface area (Å²) in [5.41, 5.74) is 1.84. The van der Waals surface area contributed by atoms with E-state index < -0.39 is 0 Å². The second-order valence-corrected chi connectivity index (χ2v) is 6.99. The third-order valence-corrected chi connectivity index (χ3v) is 4.68. The summed E-state index contributed by atoms with van der Waals surface area (Å²) in [5, 5.41) is 5.94. The number of rotatable bonds is 6. The molecule has 1 aromatic heterocycles. The third-order valence-electron chi connectivity index (χ3n) is 3.77. The monoisotopic (exact) mass is 383 g/mol. The highest BCUT2D eigenvalue weighted by Gasteiger charge is 2.11. The smallest absolute Gasteiger partial charge is 0.257 e. The van der Waals surface area contributed by atoms with Crippen molar-refractivity contribution in [1.82, 2.24) is 4.98 Å². The highest BCUT2D eigenvalue weighted by Crippen LogP contribution is 2.22. The van der Waals surface area contributed by atoms with E-state index in [0.717, 1.165) is 10.4 Å². The van der Waals surface area contributed by atoms with Crippen LogP contribution in [0.5, 0.6) is 0 Å². The van der Waals surface area contributed by atoms with E-state index in [1.165, 1.54) is 23.5 Å². The van der Waals surface area contributed by atoms with Crippen LogP contribution < -0.4 is 10.6 Å². The van der Waals surface area contributed by atoms with Gasteiger partial charge in [0.05, 0.1) is 0 Å². The average Bonchev–Trinajstić information content (AvgIpc) is 3.08. The van der Waals surface area contributed by atoms with Crippen LogP contribution >= 0.6 is 11.3 Å². The molecule has 0 bridgehead atoms. The number of halogens is 1. The minimum Gasteiger partial charge on any atom is -0.326 e. The van der Waals surface area contributed by atoms with Crippen molar-refractivity contribution in [2.24, 2.45) is 0 Å². The van der Waals surface area contributed by atoms with E-state index in [2.05, 4.69) is 15.6 Å². The highest BCUT2D eigenvalue weighted by molar-refractivity contribution is 7.15. The fraction of sp³-hybridized carbons (Fsp3) is 0.150. The van der Waals surface area contributed by atoms with Gasteiger partial charge in [-0.05, 0) is 35.9 Å². The second-order valence-electron chi connectivity index (χ2n) is 5.88. The zero-order valence-electron chi connectivity index (χ0n) is 14.7. The van der Waals surface area contributed by atoms with Crippen LogP contribution in [-0.2, 0) is 11.2 Å². The molecule has 2 aromatic carbocycles. The number of hydrogen-bond acceptors (Lipinski definition) is 4. The van der Waals surface area contributed by atoms with Crippen molar-refractivity contribution >= 4 is 34.0 Å². The number of carbonyl (C=O) groups excluding carboxylic acids is 2. The Balaban J connectivity index is 1.65. The summed E-state index contributed by atoms with van der Waals surface area (Å²) in [7, 11) is 0. The van der Waals surface area contributed by atoms with Gasteiger partial charge in [0.15, 0.2) is 5.13 Å². The molecule has 2 N–H and O–H groups in total. The summed E-state index contributed by atoms with van der Waals surface area (Å²) in [6.45, 7) is 1.76.